The third kappa shape index (κ3) is 3.03. The van der Waals surface area contributed by atoms with Crippen LogP contribution in [0.15, 0.2) is 48.7 Å². The maximum atomic E-state index is 5.39. The molecule has 2 heterocycles. The van der Waals surface area contributed by atoms with Crippen LogP contribution >= 0.6 is 0 Å². The molecule has 2 aromatic carbocycles. The molecule has 7 nitrogen and oxygen atoms in total. The van der Waals surface area contributed by atoms with Crippen molar-refractivity contribution in [2.45, 2.75) is 0 Å². The second-order valence-electron chi connectivity index (χ2n) is 5.95. The van der Waals surface area contributed by atoms with Crippen molar-refractivity contribution < 1.29 is 14.2 Å². The largest absolute Gasteiger partial charge is 0.493 e. The molecule has 27 heavy (non-hydrogen) atoms. The Morgan fingerprint density at radius 3 is 2.37 bits per heavy atom. The topological polar surface area (TPSA) is 84.2 Å². The molecule has 0 aliphatic carbocycles. The summed E-state index contributed by atoms with van der Waals surface area (Å²) in [5.74, 6) is 2.38. The Morgan fingerprint density at radius 2 is 1.67 bits per heavy atom. The molecular weight excluding hydrogens is 344 g/mol. The zero-order valence-electron chi connectivity index (χ0n) is 15.3. The average Bonchev–Trinajstić information content (AvgIpc) is 3.33. The zero-order valence-corrected chi connectivity index (χ0v) is 15.3. The average molecular weight is 364 g/mol. The van der Waals surface area contributed by atoms with Crippen LogP contribution in [0.4, 0.5) is 11.5 Å². The van der Waals surface area contributed by atoms with Gasteiger partial charge in [-0.1, -0.05) is 18.2 Å². The van der Waals surface area contributed by atoms with Gasteiger partial charge in [-0.3, -0.25) is 5.10 Å². The number of hydrogen-bond donors (Lipinski definition) is 3. The Balaban J connectivity index is 1.65. The first-order valence-corrected chi connectivity index (χ1v) is 8.42. The Bertz CT molecular complexity index is 1060. The smallest absolute Gasteiger partial charge is 0.203 e. The molecule has 0 saturated carbocycles. The van der Waals surface area contributed by atoms with Crippen LogP contribution in [0.2, 0.25) is 0 Å². The van der Waals surface area contributed by atoms with E-state index in [0.717, 1.165) is 27.8 Å². The number of H-pyrrole nitrogens is 2. The van der Waals surface area contributed by atoms with Crippen LogP contribution in [0.25, 0.3) is 22.2 Å². The van der Waals surface area contributed by atoms with Crippen LogP contribution in [0, 0.1) is 0 Å². The summed E-state index contributed by atoms with van der Waals surface area (Å²) < 4.78 is 16.1. The van der Waals surface area contributed by atoms with E-state index in [9.17, 15) is 0 Å². The third-order valence-electron chi connectivity index (χ3n) is 4.39. The molecule has 0 aliphatic heterocycles. The van der Waals surface area contributed by atoms with Crippen molar-refractivity contribution >= 4 is 22.4 Å². The van der Waals surface area contributed by atoms with Crippen molar-refractivity contribution in [1.82, 2.24) is 15.2 Å². The normalized spacial score (nSPS) is 10.8. The number of hydrogen-bond acceptors (Lipinski definition) is 5. The van der Waals surface area contributed by atoms with Crippen LogP contribution in [-0.2, 0) is 0 Å². The molecule has 0 fully saturated rings. The molecule has 0 atom stereocenters. The van der Waals surface area contributed by atoms with Gasteiger partial charge in [0, 0.05) is 46.5 Å². The summed E-state index contributed by atoms with van der Waals surface area (Å²) in [5.41, 5.74) is 3.85. The van der Waals surface area contributed by atoms with Gasteiger partial charge in [0.1, 0.15) is 0 Å². The van der Waals surface area contributed by atoms with Gasteiger partial charge in [0.25, 0.3) is 0 Å². The highest BCUT2D eigenvalue weighted by Crippen LogP contribution is 2.40. The molecule has 138 valence electrons. The predicted molar refractivity (Wildman–Crippen MR) is 105 cm³/mol. The summed E-state index contributed by atoms with van der Waals surface area (Å²) in [6.45, 7) is 0. The molecule has 0 bridgehead atoms. The molecular formula is C20H20N4O3. The molecule has 0 saturated heterocycles. The number of rotatable bonds is 6. The monoisotopic (exact) mass is 364 g/mol. The van der Waals surface area contributed by atoms with Gasteiger partial charge in [-0.05, 0) is 6.07 Å². The van der Waals surface area contributed by atoms with Crippen molar-refractivity contribution in [2.24, 2.45) is 0 Å². The number of methoxy groups -OCH3 is 3. The first-order chi connectivity index (χ1) is 13.2. The van der Waals surface area contributed by atoms with E-state index in [-0.39, 0.29) is 0 Å². The molecule has 3 N–H and O–H groups in total. The quantitative estimate of drug-likeness (QED) is 0.474. The van der Waals surface area contributed by atoms with Gasteiger partial charge in [-0.15, -0.1) is 0 Å². The summed E-state index contributed by atoms with van der Waals surface area (Å²) in [6.07, 6.45) is 1.97. The van der Waals surface area contributed by atoms with E-state index in [2.05, 4.69) is 26.6 Å². The first kappa shape index (κ1) is 16.8. The van der Waals surface area contributed by atoms with Crippen LogP contribution in [0.1, 0.15) is 0 Å². The van der Waals surface area contributed by atoms with Crippen LogP contribution < -0.4 is 19.5 Å². The van der Waals surface area contributed by atoms with Crippen molar-refractivity contribution in [1.29, 1.82) is 0 Å². The summed E-state index contributed by atoms with van der Waals surface area (Å²) in [4.78, 5) is 3.27. The molecule has 0 radical (unpaired) electrons. The van der Waals surface area contributed by atoms with Gasteiger partial charge in [0.2, 0.25) is 5.75 Å². The van der Waals surface area contributed by atoms with Gasteiger partial charge < -0.3 is 24.5 Å². The van der Waals surface area contributed by atoms with E-state index in [0.29, 0.717) is 23.1 Å². The van der Waals surface area contributed by atoms with E-state index >= 15 is 0 Å². The molecule has 0 spiro atoms. The second-order valence-corrected chi connectivity index (χ2v) is 5.95. The predicted octanol–water partition coefficient (Wildman–Crippen LogP) is 4.33. The van der Waals surface area contributed by atoms with E-state index in [1.165, 1.54) is 0 Å². The van der Waals surface area contributed by atoms with E-state index < -0.39 is 0 Å². The lowest BCUT2D eigenvalue weighted by Crippen LogP contribution is -1.98. The Hall–Kier alpha value is -3.61. The van der Waals surface area contributed by atoms with E-state index in [1.807, 2.05) is 42.6 Å². The highest BCUT2D eigenvalue weighted by atomic mass is 16.5. The molecule has 0 aliphatic rings. The highest BCUT2D eigenvalue weighted by Gasteiger charge is 2.14. The van der Waals surface area contributed by atoms with Gasteiger partial charge in [-0.2, -0.15) is 5.10 Å². The van der Waals surface area contributed by atoms with Crippen molar-refractivity contribution in [2.75, 3.05) is 26.6 Å². The van der Waals surface area contributed by atoms with Gasteiger partial charge >= 0.3 is 0 Å². The number of fused-ring (bicyclic) bond motifs is 1. The minimum atomic E-state index is 0.548. The minimum Gasteiger partial charge on any atom is -0.493 e. The Morgan fingerprint density at radius 1 is 0.926 bits per heavy atom. The SMILES string of the molecule is COc1cc(Nc2cc(-c3c[nH]c4ccccc34)[nH]n2)cc(OC)c1OC. The minimum absolute atomic E-state index is 0.548. The first-order valence-electron chi connectivity index (χ1n) is 8.42. The zero-order chi connectivity index (χ0) is 18.8. The molecule has 0 amide bonds. The highest BCUT2D eigenvalue weighted by molar-refractivity contribution is 5.94. The fraction of sp³-hybridized carbons (Fsp3) is 0.150. The fourth-order valence-electron chi connectivity index (χ4n) is 3.12. The number of nitrogens with zero attached hydrogens (tertiary/aromatic N) is 1. The lowest BCUT2D eigenvalue weighted by Gasteiger charge is -2.14. The molecule has 2 aromatic heterocycles. The number of aromatic amines is 2. The van der Waals surface area contributed by atoms with Gasteiger partial charge in [0.15, 0.2) is 17.3 Å². The third-order valence-corrected chi connectivity index (χ3v) is 4.39. The summed E-state index contributed by atoms with van der Waals surface area (Å²) in [7, 11) is 4.75. The van der Waals surface area contributed by atoms with Crippen molar-refractivity contribution in [3.8, 4) is 28.5 Å². The number of ether oxygens (including phenoxy) is 3. The molecule has 4 aromatic rings. The summed E-state index contributed by atoms with van der Waals surface area (Å²) in [5, 5.41) is 11.9. The standard InChI is InChI=1S/C20H20N4O3/c1-25-17-8-12(9-18(26-2)20(17)27-3)22-19-10-16(23-24-19)14-11-21-15-7-5-4-6-13(14)15/h4-11,21H,1-3H3,(H2,22,23,24). The van der Waals surface area contributed by atoms with Crippen LogP contribution in [-0.4, -0.2) is 36.5 Å². The lowest BCUT2D eigenvalue weighted by molar-refractivity contribution is 0.324. The van der Waals surface area contributed by atoms with Crippen LogP contribution in [0.5, 0.6) is 17.2 Å². The fourth-order valence-corrected chi connectivity index (χ4v) is 3.12. The molecule has 7 heteroatoms. The molecule has 4 rings (SSSR count). The number of para-hydroxylation sites is 1. The number of anilines is 2. The van der Waals surface area contributed by atoms with Crippen LogP contribution in [0.3, 0.4) is 0 Å². The number of nitrogens with one attached hydrogen (secondary N) is 3. The maximum absolute atomic E-state index is 5.39. The molecule has 0 unspecified atom stereocenters. The lowest BCUT2D eigenvalue weighted by atomic mass is 10.1. The number of aromatic nitrogens is 3. The second kappa shape index (κ2) is 6.95. The Kier molecular flexibility index (Phi) is 4.33. The van der Waals surface area contributed by atoms with E-state index in [4.69, 9.17) is 14.2 Å². The van der Waals surface area contributed by atoms with Gasteiger partial charge in [0.05, 0.1) is 27.0 Å². The number of benzene rings is 2. The summed E-state index contributed by atoms with van der Waals surface area (Å²) >= 11 is 0. The van der Waals surface area contributed by atoms with E-state index in [1.54, 1.807) is 21.3 Å². The maximum Gasteiger partial charge on any atom is 0.203 e. The van der Waals surface area contributed by atoms with Crippen molar-refractivity contribution in [3.05, 3.63) is 48.7 Å². The summed E-state index contributed by atoms with van der Waals surface area (Å²) in [6, 6.07) is 13.8. The van der Waals surface area contributed by atoms with Crippen molar-refractivity contribution in [3.63, 3.8) is 0 Å². The Labute approximate surface area is 156 Å². The van der Waals surface area contributed by atoms with Gasteiger partial charge in [-0.25, -0.2) is 0 Å².